The first-order valence-electron chi connectivity index (χ1n) is 16.5. The summed E-state index contributed by atoms with van der Waals surface area (Å²) in [6.07, 6.45) is 3.74. The van der Waals surface area contributed by atoms with E-state index in [0.29, 0.717) is 5.71 Å². The quantitative estimate of drug-likeness (QED) is 0.166. The maximum atomic E-state index is 6.21. The van der Waals surface area contributed by atoms with Crippen LogP contribution >= 0.6 is 0 Å². The van der Waals surface area contributed by atoms with Crippen LogP contribution in [0.15, 0.2) is 108 Å². The van der Waals surface area contributed by atoms with Crippen LogP contribution in [0.5, 0.6) is 0 Å². The van der Waals surface area contributed by atoms with Crippen LogP contribution < -0.4 is 0 Å². The van der Waals surface area contributed by atoms with Crippen molar-refractivity contribution in [1.82, 2.24) is 19.9 Å². The monoisotopic (exact) mass is 831 g/mol. The van der Waals surface area contributed by atoms with Gasteiger partial charge in [-0.25, -0.2) is 4.98 Å². The van der Waals surface area contributed by atoms with Gasteiger partial charge in [0.25, 0.3) is 0 Å². The van der Waals surface area contributed by atoms with E-state index in [4.69, 9.17) is 14.4 Å². The van der Waals surface area contributed by atoms with Crippen molar-refractivity contribution in [2.45, 2.75) is 53.9 Å². The van der Waals surface area contributed by atoms with Crippen molar-refractivity contribution < 1.29 is 24.5 Å². The van der Waals surface area contributed by atoms with Crippen LogP contribution in [0.4, 0.5) is 0 Å². The molecule has 6 heteroatoms. The second kappa shape index (κ2) is 14.1. The molecule has 0 amide bonds. The smallest absolute Gasteiger partial charge is 0.216 e. The standard InChI is InChI=1S/C31H26N3O.C13H12N.Ir/c1-18-9-13-25-23(12-14-27(34-25)31(3,4)5)28(18)20-15-16-32-26(17-20)24-8-6-7-21-22-11-10-19(2)33-30(22)35-29(21)24;1-10-3-6-12(7-4-10)13-8-5-11(2)9-14-13;/h6-7,9-17H,1-5H3;3-6,8-9H,1-2H3;/q2*-1;. The average Bonchev–Trinajstić information content (AvgIpc) is 3.46. The summed E-state index contributed by atoms with van der Waals surface area (Å²) in [4.78, 5) is 18.6. The van der Waals surface area contributed by atoms with E-state index in [1.165, 1.54) is 22.3 Å². The third-order valence-electron chi connectivity index (χ3n) is 8.75. The number of aryl methyl sites for hydroxylation is 4. The number of furan rings is 1. The van der Waals surface area contributed by atoms with Crippen molar-refractivity contribution in [3.05, 3.63) is 144 Å². The van der Waals surface area contributed by atoms with E-state index >= 15 is 0 Å². The van der Waals surface area contributed by atoms with E-state index in [1.54, 1.807) is 0 Å². The molecule has 0 saturated carbocycles. The van der Waals surface area contributed by atoms with E-state index in [2.05, 4.69) is 111 Å². The summed E-state index contributed by atoms with van der Waals surface area (Å²) < 4.78 is 6.21. The Morgan fingerprint density at radius 2 is 1.48 bits per heavy atom. The Balaban J connectivity index is 0.000000242. The molecule has 8 aromatic rings. The van der Waals surface area contributed by atoms with Gasteiger partial charge in [-0.15, -0.1) is 53.6 Å². The molecule has 0 unspecified atom stereocenters. The third kappa shape index (κ3) is 7.00. The molecule has 50 heavy (non-hydrogen) atoms. The van der Waals surface area contributed by atoms with E-state index in [1.807, 2.05) is 62.6 Å². The van der Waals surface area contributed by atoms with Gasteiger partial charge in [-0.1, -0.05) is 69.0 Å². The van der Waals surface area contributed by atoms with Gasteiger partial charge < -0.3 is 14.4 Å². The molecule has 0 aliphatic carbocycles. The van der Waals surface area contributed by atoms with Crippen LogP contribution in [0.2, 0.25) is 0 Å². The van der Waals surface area contributed by atoms with E-state index < -0.39 is 0 Å². The number of rotatable bonds is 3. The molecule has 0 aliphatic rings. The minimum absolute atomic E-state index is 0. The summed E-state index contributed by atoms with van der Waals surface area (Å²) in [5.74, 6) is 0. The van der Waals surface area contributed by atoms with Crippen molar-refractivity contribution >= 4 is 33.0 Å². The summed E-state index contributed by atoms with van der Waals surface area (Å²) in [6, 6.07) is 37.6. The summed E-state index contributed by atoms with van der Waals surface area (Å²) >= 11 is 0. The van der Waals surface area contributed by atoms with Crippen LogP contribution in [0.1, 0.15) is 48.8 Å². The maximum Gasteiger partial charge on any atom is 0.216 e. The largest absolute Gasteiger partial charge is 0.486 e. The Morgan fingerprint density at radius 3 is 2.22 bits per heavy atom. The Labute approximate surface area is 307 Å². The van der Waals surface area contributed by atoms with Crippen LogP contribution in [-0.4, -0.2) is 19.9 Å². The van der Waals surface area contributed by atoms with Gasteiger partial charge in [-0.3, -0.25) is 4.98 Å². The average molecular weight is 831 g/mol. The number of pyridine rings is 4. The van der Waals surface area contributed by atoms with E-state index in [9.17, 15) is 0 Å². The summed E-state index contributed by atoms with van der Waals surface area (Å²) in [5.41, 5.74) is 14.0. The zero-order valence-corrected chi connectivity index (χ0v) is 31.7. The maximum absolute atomic E-state index is 6.21. The van der Waals surface area contributed by atoms with Crippen molar-refractivity contribution in [3.63, 3.8) is 0 Å². The molecule has 0 bridgehead atoms. The van der Waals surface area contributed by atoms with Gasteiger partial charge >= 0.3 is 0 Å². The van der Waals surface area contributed by atoms with Gasteiger partial charge in [0.2, 0.25) is 5.71 Å². The zero-order valence-electron chi connectivity index (χ0n) is 29.3. The van der Waals surface area contributed by atoms with E-state index in [0.717, 1.165) is 66.7 Å². The Morgan fingerprint density at radius 1 is 0.680 bits per heavy atom. The number of nitrogens with zero attached hydrogens (tertiary/aromatic N) is 4. The van der Waals surface area contributed by atoms with Crippen molar-refractivity contribution in [2.75, 3.05) is 0 Å². The molecule has 0 saturated heterocycles. The van der Waals surface area contributed by atoms with Gasteiger partial charge in [0.15, 0.2) is 0 Å². The van der Waals surface area contributed by atoms with E-state index in [-0.39, 0.29) is 25.5 Å². The molecule has 8 rings (SSSR count). The van der Waals surface area contributed by atoms with Crippen LogP contribution in [0, 0.1) is 39.8 Å². The van der Waals surface area contributed by atoms with Crippen molar-refractivity contribution in [2.24, 2.45) is 0 Å². The Hall–Kier alpha value is -5.03. The molecule has 0 aliphatic heterocycles. The fourth-order valence-corrected chi connectivity index (χ4v) is 6.03. The second-order valence-electron chi connectivity index (χ2n) is 13.7. The molecule has 251 valence electrons. The van der Waals surface area contributed by atoms with Crippen LogP contribution in [0.3, 0.4) is 0 Å². The third-order valence-corrected chi connectivity index (χ3v) is 8.75. The first kappa shape index (κ1) is 34.8. The molecular formula is C44H38IrN4O-2. The minimum Gasteiger partial charge on any atom is -0.486 e. The molecule has 1 radical (unpaired) electrons. The molecule has 0 N–H and O–H groups in total. The first-order valence-corrected chi connectivity index (χ1v) is 16.5. The Bertz CT molecular complexity index is 2410. The Kier molecular flexibility index (Phi) is 9.80. The van der Waals surface area contributed by atoms with Gasteiger partial charge in [0.05, 0.1) is 11.1 Å². The fourth-order valence-electron chi connectivity index (χ4n) is 6.03. The minimum atomic E-state index is -0.00241. The van der Waals surface area contributed by atoms with Gasteiger partial charge in [-0.2, -0.15) is 0 Å². The topological polar surface area (TPSA) is 64.7 Å². The summed E-state index contributed by atoms with van der Waals surface area (Å²) in [7, 11) is 0. The fraction of sp³-hybridized carbons (Fsp3) is 0.182. The number of fused-ring (bicyclic) bond motifs is 4. The summed E-state index contributed by atoms with van der Waals surface area (Å²) in [6.45, 7) is 14.8. The van der Waals surface area contributed by atoms with Crippen molar-refractivity contribution in [3.8, 4) is 33.6 Å². The van der Waals surface area contributed by atoms with Gasteiger partial charge in [0.1, 0.15) is 0 Å². The number of hydrogen-bond donors (Lipinski definition) is 0. The number of benzene rings is 3. The molecule has 0 spiro atoms. The number of hydrogen-bond acceptors (Lipinski definition) is 5. The van der Waals surface area contributed by atoms with Crippen LogP contribution in [-0.2, 0) is 25.5 Å². The SMILES string of the molecule is Cc1c[c-]c(-c2ccc(C)cn2)cc1.Cc1ccc2c(n1)oc1c(-c3cc(-c4c(C)ccc5nc(C(C)(C)C)ccc45)ccn3)[c-]ccc12.[Ir]. The van der Waals surface area contributed by atoms with Gasteiger partial charge in [0, 0.05) is 60.1 Å². The van der Waals surface area contributed by atoms with Crippen molar-refractivity contribution in [1.29, 1.82) is 0 Å². The molecule has 0 atom stereocenters. The molecular weight excluding hydrogens is 793 g/mol. The molecule has 5 aromatic heterocycles. The molecule has 0 fully saturated rings. The normalized spacial score (nSPS) is 11.3. The molecule has 5 heterocycles. The number of aromatic nitrogens is 4. The molecule has 5 nitrogen and oxygen atoms in total. The predicted molar refractivity (Wildman–Crippen MR) is 200 cm³/mol. The summed E-state index contributed by atoms with van der Waals surface area (Å²) in [5, 5.41) is 3.16. The van der Waals surface area contributed by atoms with Gasteiger partial charge in [-0.05, 0) is 84.7 Å². The molecule has 3 aromatic carbocycles. The van der Waals surface area contributed by atoms with Crippen LogP contribution in [0.25, 0.3) is 66.6 Å². The zero-order chi connectivity index (χ0) is 34.3. The first-order chi connectivity index (χ1) is 23.5. The second-order valence-corrected chi connectivity index (χ2v) is 13.7. The predicted octanol–water partition coefficient (Wildman–Crippen LogP) is 11.1.